The van der Waals surface area contributed by atoms with Gasteiger partial charge in [0, 0.05) is 50.4 Å². The number of fused-ring (bicyclic) bond motifs is 1. The molecule has 0 bridgehead atoms. The molecule has 1 aliphatic rings. The standard InChI is InChI=1S/C16H24N2O2/c1-11-8-12-13(9-16(2,3)10-14(12)19)18(11)7-6-15(20)17(4)5/h8H,6-7,9-10H2,1-5H3. The molecule has 2 rings (SSSR count). The highest BCUT2D eigenvalue weighted by atomic mass is 16.2. The van der Waals surface area contributed by atoms with E-state index >= 15 is 0 Å². The first-order valence-corrected chi connectivity index (χ1v) is 7.13. The van der Waals surface area contributed by atoms with Gasteiger partial charge in [-0.25, -0.2) is 0 Å². The third-order valence-corrected chi connectivity index (χ3v) is 4.05. The van der Waals surface area contributed by atoms with E-state index in [4.69, 9.17) is 0 Å². The molecule has 110 valence electrons. The predicted octanol–water partition coefficient (Wildman–Crippen LogP) is 2.43. The van der Waals surface area contributed by atoms with Gasteiger partial charge in [-0.15, -0.1) is 0 Å². The van der Waals surface area contributed by atoms with Gasteiger partial charge in [0.2, 0.25) is 5.91 Å². The normalized spacial score (nSPS) is 16.9. The Hall–Kier alpha value is -1.58. The number of nitrogens with zero attached hydrogens (tertiary/aromatic N) is 2. The van der Waals surface area contributed by atoms with Crippen molar-refractivity contribution in [2.24, 2.45) is 5.41 Å². The van der Waals surface area contributed by atoms with Gasteiger partial charge in [-0.2, -0.15) is 0 Å². The fourth-order valence-electron chi connectivity index (χ4n) is 2.95. The average molecular weight is 276 g/mol. The van der Waals surface area contributed by atoms with Gasteiger partial charge in [0.1, 0.15) is 0 Å². The molecule has 0 saturated carbocycles. The van der Waals surface area contributed by atoms with E-state index in [0.29, 0.717) is 19.4 Å². The van der Waals surface area contributed by atoms with Gasteiger partial charge in [0.05, 0.1) is 0 Å². The molecular formula is C16H24N2O2. The molecule has 1 aliphatic carbocycles. The summed E-state index contributed by atoms with van der Waals surface area (Å²) in [5.41, 5.74) is 3.06. The van der Waals surface area contributed by atoms with Crippen LogP contribution in [-0.4, -0.2) is 35.3 Å². The molecule has 1 aromatic heterocycles. The summed E-state index contributed by atoms with van der Waals surface area (Å²) < 4.78 is 2.15. The number of aryl methyl sites for hydroxylation is 1. The summed E-state index contributed by atoms with van der Waals surface area (Å²) in [4.78, 5) is 25.6. The van der Waals surface area contributed by atoms with E-state index in [-0.39, 0.29) is 17.1 Å². The fourth-order valence-corrected chi connectivity index (χ4v) is 2.95. The summed E-state index contributed by atoms with van der Waals surface area (Å²) in [5.74, 6) is 0.352. The minimum absolute atomic E-state index is 0.0121. The van der Waals surface area contributed by atoms with E-state index in [1.807, 2.05) is 13.0 Å². The minimum atomic E-state index is 0.0121. The van der Waals surface area contributed by atoms with Crippen molar-refractivity contribution >= 4 is 11.7 Å². The average Bonchev–Trinajstić information content (AvgIpc) is 2.61. The topological polar surface area (TPSA) is 42.3 Å². The van der Waals surface area contributed by atoms with Gasteiger partial charge in [0.25, 0.3) is 0 Å². The third-order valence-electron chi connectivity index (χ3n) is 4.05. The maximum absolute atomic E-state index is 12.2. The van der Waals surface area contributed by atoms with Gasteiger partial charge >= 0.3 is 0 Å². The fraction of sp³-hybridized carbons (Fsp3) is 0.625. The number of Topliss-reactive ketones (excluding diaryl/α,β-unsaturated/α-hetero) is 1. The van der Waals surface area contributed by atoms with Gasteiger partial charge in [-0.05, 0) is 24.8 Å². The van der Waals surface area contributed by atoms with Crippen molar-refractivity contribution in [2.45, 2.75) is 46.6 Å². The largest absolute Gasteiger partial charge is 0.349 e. The number of hydrogen-bond donors (Lipinski definition) is 0. The highest BCUT2D eigenvalue weighted by Crippen LogP contribution is 2.36. The number of carbonyl (C=O) groups is 2. The van der Waals surface area contributed by atoms with E-state index in [1.165, 1.54) is 0 Å². The molecular weight excluding hydrogens is 252 g/mol. The second-order valence-electron chi connectivity index (χ2n) is 6.78. The Labute approximate surface area is 120 Å². The number of amides is 1. The van der Waals surface area contributed by atoms with Crippen molar-refractivity contribution in [3.8, 4) is 0 Å². The quantitative estimate of drug-likeness (QED) is 0.851. The van der Waals surface area contributed by atoms with Crippen molar-refractivity contribution in [1.82, 2.24) is 9.47 Å². The molecule has 20 heavy (non-hydrogen) atoms. The zero-order valence-electron chi connectivity index (χ0n) is 13.1. The molecule has 4 nitrogen and oxygen atoms in total. The monoisotopic (exact) mass is 276 g/mol. The van der Waals surface area contributed by atoms with Crippen molar-refractivity contribution in [3.63, 3.8) is 0 Å². The maximum Gasteiger partial charge on any atom is 0.223 e. The van der Waals surface area contributed by atoms with Crippen molar-refractivity contribution in [1.29, 1.82) is 0 Å². The lowest BCUT2D eigenvalue weighted by atomic mass is 9.76. The number of aromatic nitrogens is 1. The molecule has 0 fully saturated rings. The summed E-state index contributed by atoms with van der Waals surface area (Å²) in [7, 11) is 3.54. The number of ketones is 1. The molecule has 1 amide bonds. The first kappa shape index (κ1) is 14.8. The second-order valence-corrected chi connectivity index (χ2v) is 6.78. The molecule has 0 aromatic carbocycles. The summed E-state index contributed by atoms with van der Waals surface area (Å²) >= 11 is 0. The first-order chi connectivity index (χ1) is 9.21. The van der Waals surface area contributed by atoms with Crippen molar-refractivity contribution in [2.75, 3.05) is 14.1 Å². The summed E-state index contributed by atoms with van der Waals surface area (Å²) in [5, 5.41) is 0. The molecule has 0 radical (unpaired) electrons. The molecule has 0 N–H and O–H groups in total. The molecule has 0 spiro atoms. The lowest BCUT2D eigenvalue weighted by molar-refractivity contribution is -0.128. The summed E-state index contributed by atoms with van der Waals surface area (Å²) in [6, 6.07) is 1.98. The molecule has 0 atom stereocenters. The van der Waals surface area contributed by atoms with Gasteiger partial charge in [0.15, 0.2) is 5.78 Å². The van der Waals surface area contributed by atoms with Crippen LogP contribution in [0, 0.1) is 12.3 Å². The Morgan fingerprint density at radius 3 is 2.60 bits per heavy atom. The Balaban J connectivity index is 2.27. The van der Waals surface area contributed by atoms with Crippen LogP contribution >= 0.6 is 0 Å². The van der Waals surface area contributed by atoms with Crippen LogP contribution in [0.2, 0.25) is 0 Å². The highest BCUT2D eigenvalue weighted by molar-refractivity contribution is 5.99. The molecule has 0 aliphatic heterocycles. The first-order valence-electron chi connectivity index (χ1n) is 7.13. The van der Waals surface area contributed by atoms with Crippen LogP contribution < -0.4 is 0 Å². The lowest BCUT2D eigenvalue weighted by Gasteiger charge is -2.30. The second kappa shape index (κ2) is 5.08. The van der Waals surface area contributed by atoms with Crippen LogP contribution in [0.5, 0.6) is 0 Å². The van der Waals surface area contributed by atoms with Gasteiger partial charge < -0.3 is 9.47 Å². The SMILES string of the molecule is Cc1cc2c(n1CCC(=O)N(C)C)CC(C)(C)CC2=O. The zero-order chi connectivity index (χ0) is 15.1. The van der Waals surface area contributed by atoms with Crippen LogP contribution in [0.1, 0.15) is 48.4 Å². The Morgan fingerprint density at radius 1 is 1.35 bits per heavy atom. The number of rotatable bonds is 3. The van der Waals surface area contributed by atoms with Crippen LogP contribution in [-0.2, 0) is 17.8 Å². The van der Waals surface area contributed by atoms with Gasteiger partial charge in [-0.3, -0.25) is 9.59 Å². The summed E-state index contributed by atoms with van der Waals surface area (Å²) in [6.07, 6.45) is 1.99. The molecule has 0 saturated heterocycles. The minimum Gasteiger partial charge on any atom is -0.349 e. The molecule has 1 aromatic rings. The smallest absolute Gasteiger partial charge is 0.223 e. The van der Waals surface area contributed by atoms with Gasteiger partial charge in [-0.1, -0.05) is 13.8 Å². The van der Waals surface area contributed by atoms with Crippen LogP contribution in [0.25, 0.3) is 0 Å². The van der Waals surface area contributed by atoms with Crippen LogP contribution in [0.3, 0.4) is 0 Å². The number of hydrogen-bond acceptors (Lipinski definition) is 2. The van der Waals surface area contributed by atoms with E-state index in [2.05, 4.69) is 18.4 Å². The Morgan fingerprint density at radius 2 is 2.00 bits per heavy atom. The molecule has 0 unspecified atom stereocenters. The van der Waals surface area contributed by atoms with Crippen molar-refractivity contribution < 1.29 is 9.59 Å². The van der Waals surface area contributed by atoms with E-state index in [9.17, 15) is 9.59 Å². The van der Waals surface area contributed by atoms with E-state index in [0.717, 1.165) is 23.4 Å². The zero-order valence-corrected chi connectivity index (χ0v) is 13.1. The maximum atomic E-state index is 12.2. The Bertz CT molecular complexity index is 553. The molecule has 4 heteroatoms. The highest BCUT2D eigenvalue weighted by Gasteiger charge is 2.33. The number of carbonyl (C=O) groups excluding carboxylic acids is 2. The van der Waals surface area contributed by atoms with Crippen LogP contribution in [0.15, 0.2) is 6.07 Å². The van der Waals surface area contributed by atoms with E-state index < -0.39 is 0 Å². The van der Waals surface area contributed by atoms with Crippen molar-refractivity contribution in [3.05, 3.63) is 23.0 Å². The predicted molar refractivity (Wildman–Crippen MR) is 78.9 cm³/mol. The Kier molecular flexibility index (Phi) is 3.76. The third kappa shape index (κ3) is 2.79. The molecule has 1 heterocycles. The lowest BCUT2D eigenvalue weighted by Crippen LogP contribution is -2.29. The van der Waals surface area contributed by atoms with Crippen LogP contribution in [0.4, 0.5) is 0 Å². The summed E-state index contributed by atoms with van der Waals surface area (Å²) in [6.45, 7) is 6.93. The van der Waals surface area contributed by atoms with E-state index in [1.54, 1.807) is 19.0 Å².